The minimum atomic E-state index is -0.229. The fourth-order valence-electron chi connectivity index (χ4n) is 1.49. The number of methoxy groups -OCH3 is 1. The van der Waals surface area contributed by atoms with Crippen LogP contribution in [-0.4, -0.2) is 36.9 Å². The van der Waals surface area contributed by atoms with Crippen LogP contribution < -0.4 is 5.32 Å². The lowest BCUT2D eigenvalue weighted by Gasteiger charge is -2.27. The summed E-state index contributed by atoms with van der Waals surface area (Å²) in [4.78, 5) is 11.1. The fourth-order valence-corrected chi connectivity index (χ4v) is 1.49. The predicted octanol–water partition coefficient (Wildman–Crippen LogP) is -0.338. The van der Waals surface area contributed by atoms with Crippen LogP contribution in [0.4, 0.5) is 0 Å². The maximum absolute atomic E-state index is 11.1. The van der Waals surface area contributed by atoms with Crippen molar-refractivity contribution >= 4 is 5.97 Å². The predicted molar refractivity (Wildman–Crippen MR) is 43.7 cm³/mol. The summed E-state index contributed by atoms with van der Waals surface area (Å²) in [6.07, 6.45) is 2.71. The Kier molecular flexibility index (Phi) is 3.49. The quantitative estimate of drug-likeness (QED) is 0.561. The molecule has 0 bridgehead atoms. The molecule has 0 aromatic carbocycles. The van der Waals surface area contributed by atoms with Gasteiger partial charge in [-0.1, -0.05) is 0 Å². The Balaban J connectivity index is 2.40. The lowest BCUT2D eigenvalue weighted by molar-refractivity contribution is -0.144. The molecule has 0 amide bonds. The summed E-state index contributed by atoms with van der Waals surface area (Å²) in [6, 6.07) is -0.163. The van der Waals surface area contributed by atoms with Gasteiger partial charge in [0, 0.05) is 6.04 Å². The van der Waals surface area contributed by atoms with E-state index in [-0.39, 0.29) is 24.7 Å². The lowest BCUT2D eigenvalue weighted by atomic mass is 9.99. The van der Waals surface area contributed by atoms with Crippen molar-refractivity contribution in [2.75, 3.05) is 13.7 Å². The van der Waals surface area contributed by atoms with Gasteiger partial charge in [0.05, 0.1) is 13.7 Å². The molecular formula is C8H15NO3. The molecule has 0 aromatic rings. The normalized spacial score (nSPS) is 29.8. The van der Waals surface area contributed by atoms with Crippen LogP contribution in [0.3, 0.4) is 0 Å². The summed E-state index contributed by atoms with van der Waals surface area (Å²) in [5.41, 5.74) is 0. The molecule has 2 atom stereocenters. The molecule has 1 fully saturated rings. The van der Waals surface area contributed by atoms with E-state index in [4.69, 9.17) is 5.11 Å². The van der Waals surface area contributed by atoms with Gasteiger partial charge in [0.2, 0.25) is 0 Å². The number of ether oxygens (including phenoxy) is 1. The van der Waals surface area contributed by atoms with Gasteiger partial charge in [0.1, 0.15) is 6.04 Å². The molecule has 0 spiro atoms. The minimum absolute atomic E-state index is 0.0582. The number of rotatable bonds is 2. The maximum Gasteiger partial charge on any atom is 0.322 e. The molecule has 0 saturated carbocycles. The summed E-state index contributed by atoms with van der Waals surface area (Å²) in [6.45, 7) is 0.0908. The number of carbonyl (C=O) groups excluding carboxylic acids is 1. The number of esters is 1. The molecule has 1 rings (SSSR count). The van der Waals surface area contributed by atoms with E-state index in [1.54, 1.807) is 0 Å². The monoisotopic (exact) mass is 173 g/mol. The van der Waals surface area contributed by atoms with Gasteiger partial charge < -0.3 is 9.84 Å². The first kappa shape index (κ1) is 9.48. The van der Waals surface area contributed by atoms with E-state index in [1.165, 1.54) is 7.11 Å². The van der Waals surface area contributed by atoms with Crippen molar-refractivity contribution < 1.29 is 14.6 Å². The van der Waals surface area contributed by atoms with Crippen LogP contribution in [0.25, 0.3) is 0 Å². The van der Waals surface area contributed by atoms with E-state index in [0.29, 0.717) is 0 Å². The first-order chi connectivity index (χ1) is 5.77. The second kappa shape index (κ2) is 4.42. The van der Waals surface area contributed by atoms with Crippen molar-refractivity contribution in [3.05, 3.63) is 0 Å². The number of aliphatic hydroxyl groups excluding tert-OH is 1. The molecule has 1 heterocycles. The van der Waals surface area contributed by atoms with Gasteiger partial charge in [-0.3, -0.25) is 10.1 Å². The first-order valence-electron chi connectivity index (χ1n) is 4.22. The zero-order valence-electron chi connectivity index (χ0n) is 7.25. The average Bonchev–Trinajstić information content (AvgIpc) is 2.17. The third-order valence-corrected chi connectivity index (χ3v) is 2.19. The van der Waals surface area contributed by atoms with Crippen molar-refractivity contribution in [3.8, 4) is 0 Å². The average molecular weight is 173 g/mol. The van der Waals surface area contributed by atoms with Crippen LogP contribution in [0.2, 0.25) is 0 Å². The molecule has 2 unspecified atom stereocenters. The highest BCUT2D eigenvalue weighted by Gasteiger charge is 2.26. The summed E-state index contributed by atoms with van der Waals surface area (Å²) in [7, 11) is 1.38. The van der Waals surface area contributed by atoms with Crippen LogP contribution in [0.5, 0.6) is 0 Å². The molecule has 70 valence electrons. The van der Waals surface area contributed by atoms with Gasteiger partial charge in [-0.15, -0.1) is 0 Å². The van der Waals surface area contributed by atoms with Gasteiger partial charge in [-0.25, -0.2) is 0 Å². The number of nitrogens with one attached hydrogen (secondary N) is 1. The lowest BCUT2D eigenvalue weighted by Crippen LogP contribution is -2.48. The molecule has 1 aliphatic heterocycles. The SMILES string of the molecule is COC(=O)C1CCCC(CO)N1. The first-order valence-corrected chi connectivity index (χ1v) is 4.22. The number of aliphatic hydroxyl groups is 1. The Morgan fingerprint density at radius 3 is 3.00 bits per heavy atom. The molecule has 0 aliphatic carbocycles. The maximum atomic E-state index is 11.1. The second-order valence-corrected chi connectivity index (χ2v) is 3.05. The van der Waals surface area contributed by atoms with Crippen molar-refractivity contribution in [3.63, 3.8) is 0 Å². The molecule has 0 radical (unpaired) electrons. The fraction of sp³-hybridized carbons (Fsp3) is 0.875. The van der Waals surface area contributed by atoms with E-state index in [0.717, 1.165) is 19.3 Å². The van der Waals surface area contributed by atoms with Crippen molar-refractivity contribution in [1.29, 1.82) is 0 Å². The van der Waals surface area contributed by atoms with Crippen molar-refractivity contribution in [2.24, 2.45) is 0 Å². The largest absolute Gasteiger partial charge is 0.468 e. The third kappa shape index (κ3) is 2.19. The van der Waals surface area contributed by atoms with Gasteiger partial charge in [0.15, 0.2) is 0 Å². The van der Waals surface area contributed by atoms with Gasteiger partial charge >= 0.3 is 5.97 Å². The van der Waals surface area contributed by atoms with Crippen LogP contribution in [0, 0.1) is 0 Å². The smallest absolute Gasteiger partial charge is 0.322 e. The highest BCUT2D eigenvalue weighted by atomic mass is 16.5. The van der Waals surface area contributed by atoms with Gasteiger partial charge in [-0.05, 0) is 19.3 Å². The molecule has 2 N–H and O–H groups in total. The molecule has 12 heavy (non-hydrogen) atoms. The van der Waals surface area contributed by atoms with Crippen LogP contribution in [0.1, 0.15) is 19.3 Å². The molecule has 4 heteroatoms. The van der Waals surface area contributed by atoms with Crippen molar-refractivity contribution in [1.82, 2.24) is 5.32 Å². The van der Waals surface area contributed by atoms with E-state index < -0.39 is 0 Å². The Morgan fingerprint density at radius 2 is 2.42 bits per heavy atom. The number of carbonyl (C=O) groups is 1. The zero-order chi connectivity index (χ0) is 8.97. The van der Waals surface area contributed by atoms with E-state index in [2.05, 4.69) is 10.1 Å². The van der Waals surface area contributed by atoms with Crippen LogP contribution >= 0.6 is 0 Å². The standard InChI is InChI=1S/C8H15NO3/c1-12-8(11)7-4-2-3-6(5-10)9-7/h6-7,9-10H,2-5H2,1H3. The van der Waals surface area contributed by atoms with E-state index in [9.17, 15) is 4.79 Å². The zero-order valence-corrected chi connectivity index (χ0v) is 7.25. The van der Waals surface area contributed by atoms with Gasteiger partial charge in [0.25, 0.3) is 0 Å². The molecule has 0 aromatic heterocycles. The summed E-state index contributed by atoms with van der Waals surface area (Å²) < 4.78 is 4.60. The summed E-state index contributed by atoms with van der Waals surface area (Å²) in [5.74, 6) is -0.229. The van der Waals surface area contributed by atoms with Crippen molar-refractivity contribution in [2.45, 2.75) is 31.3 Å². The number of hydrogen-bond donors (Lipinski definition) is 2. The minimum Gasteiger partial charge on any atom is -0.468 e. The Morgan fingerprint density at radius 1 is 1.67 bits per heavy atom. The van der Waals surface area contributed by atoms with Crippen LogP contribution in [0.15, 0.2) is 0 Å². The molecule has 1 aliphatic rings. The Bertz CT molecular complexity index is 160. The molecular weight excluding hydrogens is 158 g/mol. The highest BCUT2D eigenvalue weighted by molar-refractivity contribution is 5.75. The highest BCUT2D eigenvalue weighted by Crippen LogP contribution is 2.12. The molecule has 1 saturated heterocycles. The van der Waals surface area contributed by atoms with Gasteiger partial charge in [-0.2, -0.15) is 0 Å². The summed E-state index contributed by atoms with van der Waals surface area (Å²) >= 11 is 0. The topological polar surface area (TPSA) is 58.6 Å². The number of hydrogen-bond acceptors (Lipinski definition) is 4. The third-order valence-electron chi connectivity index (χ3n) is 2.19. The summed E-state index contributed by atoms with van der Waals surface area (Å²) in [5, 5.41) is 11.9. The second-order valence-electron chi connectivity index (χ2n) is 3.05. The Hall–Kier alpha value is -0.610. The van der Waals surface area contributed by atoms with E-state index >= 15 is 0 Å². The number of piperidine rings is 1. The molecule has 4 nitrogen and oxygen atoms in total. The van der Waals surface area contributed by atoms with E-state index in [1.807, 2.05) is 0 Å². The Labute approximate surface area is 71.9 Å². The van der Waals surface area contributed by atoms with Crippen LogP contribution in [-0.2, 0) is 9.53 Å².